The third-order valence-corrected chi connectivity index (χ3v) is 3.14. The summed E-state index contributed by atoms with van der Waals surface area (Å²) in [6, 6.07) is 10.3. The number of hydrogen-bond acceptors (Lipinski definition) is 1. The molecule has 0 saturated heterocycles. The maximum atomic E-state index is 13.6. The maximum Gasteiger partial charge on any atom is 0.254 e. The number of benzene rings is 2. The second-order valence-electron chi connectivity index (χ2n) is 4.71. The monoisotopic (exact) mass is 275 g/mol. The van der Waals surface area contributed by atoms with E-state index in [0.29, 0.717) is 16.7 Å². The van der Waals surface area contributed by atoms with Crippen molar-refractivity contribution < 1.29 is 13.6 Å². The predicted octanol–water partition coefficient (Wildman–Crippen LogP) is 3.55. The van der Waals surface area contributed by atoms with Crippen LogP contribution in [0.25, 0.3) is 0 Å². The van der Waals surface area contributed by atoms with E-state index in [-0.39, 0.29) is 18.3 Å². The fourth-order valence-corrected chi connectivity index (χ4v) is 1.98. The first-order valence-corrected chi connectivity index (χ1v) is 6.24. The van der Waals surface area contributed by atoms with Gasteiger partial charge in [0.05, 0.1) is 0 Å². The fraction of sp³-hybridized carbons (Fsp3) is 0.188. The molecular formula is C16H15F2NO. The fourth-order valence-electron chi connectivity index (χ4n) is 1.98. The summed E-state index contributed by atoms with van der Waals surface area (Å²) in [5.74, 6) is -1.15. The minimum Gasteiger partial charge on any atom is -0.337 e. The van der Waals surface area contributed by atoms with Crippen molar-refractivity contribution in [2.75, 3.05) is 7.05 Å². The van der Waals surface area contributed by atoms with E-state index in [0.717, 1.165) is 0 Å². The Kier molecular flexibility index (Phi) is 4.13. The quantitative estimate of drug-likeness (QED) is 0.839. The summed E-state index contributed by atoms with van der Waals surface area (Å²) < 4.78 is 26.8. The number of hydrogen-bond donors (Lipinski definition) is 0. The van der Waals surface area contributed by atoms with Crippen LogP contribution in [0.15, 0.2) is 42.5 Å². The van der Waals surface area contributed by atoms with Gasteiger partial charge in [0.2, 0.25) is 0 Å². The molecule has 0 N–H and O–H groups in total. The van der Waals surface area contributed by atoms with Gasteiger partial charge >= 0.3 is 0 Å². The van der Waals surface area contributed by atoms with E-state index in [1.165, 1.54) is 23.1 Å². The Morgan fingerprint density at radius 2 is 1.85 bits per heavy atom. The van der Waals surface area contributed by atoms with Crippen molar-refractivity contribution >= 4 is 5.91 Å². The predicted molar refractivity (Wildman–Crippen MR) is 73.3 cm³/mol. The summed E-state index contributed by atoms with van der Waals surface area (Å²) in [6.07, 6.45) is 0. The second-order valence-corrected chi connectivity index (χ2v) is 4.71. The summed E-state index contributed by atoms with van der Waals surface area (Å²) in [7, 11) is 1.57. The highest BCUT2D eigenvalue weighted by Gasteiger charge is 2.16. The van der Waals surface area contributed by atoms with E-state index in [2.05, 4.69) is 0 Å². The Bertz CT molecular complexity index is 640. The van der Waals surface area contributed by atoms with E-state index >= 15 is 0 Å². The van der Waals surface area contributed by atoms with Gasteiger partial charge in [-0.05, 0) is 30.7 Å². The van der Waals surface area contributed by atoms with Crippen LogP contribution in [0.4, 0.5) is 8.78 Å². The zero-order valence-electron chi connectivity index (χ0n) is 11.4. The zero-order valence-corrected chi connectivity index (χ0v) is 11.4. The lowest BCUT2D eigenvalue weighted by molar-refractivity contribution is 0.0782. The first-order valence-electron chi connectivity index (χ1n) is 6.24. The van der Waals surface area contributed by atoms with Crippen LogP contribution in [0.5, 0.6) is 0 Å². The van der Waals surface area contributed by atoms with Crippen LogP contribution in [-0.2, 0) is 6.54 Å². The molecule has 0 atom stereocenters. The zero-order chi connectivity index (χ0) is 14.7. The molecular weight excluding hydrogens is 260 g/mol. The van der Waals surface area contributed by atoms with Crippen molar-refractivity contribution in [2.24, 2.45) is 0 Å². The SMILES string of the molecule is Cc1ccc(F)cc1C(=O)N(C)Cc1ccccc1F. The molecule has 2 nitrogen and oxygen atoms in total. The molecule has 104 valence electrons. The van der Waals surface area contributed by atoms with Crippen molar-refractivity contribution in [2.45, 2.75) is 13.5 Å². The molecule has 0 bridgehead atoms. The molecule has 2 rings (SSSR count). The summed E-state index contributed by atoms with van der Waals surface area (Å²) in [6.45, 7) is 1.88. The summed E-state index contributed by atoms with van der Waals surface area (Å²) in [5, 5.41) is 0. The molecule has 0 radical (unpaired) electrons. The van der Waals surface area contributed by atoms with Crippen molar-refractivity contribution in [1.82, 2.24) is 4.90 Å². The van der Waals surface area contributed by atoms with Crippen LogP contribution in [0, 0.1) is 18.6 Å². The highest BCUT2D eigenvalue weighted by atomic mass is 19.1. The number of carbonyl (C=O) groups is 1. The Labute approximate surface area is 116 Å². The van der Waals surface area contributed by atoms with Crippen LogP contribution in [0.3, 0.4) is 0 Å². The lowest BCUT2D eigenvalue weighted by Gasteiger charge is -2.18. The largest absolute Gasteiger partial charge is 0.337 e. The van der Waals surface area contributed by atoms with Gasteiger partial charge in [-0.1, -0.05) is 24.3 Å². The van der Waals surface area contributed by atoms with Gasteiger partial charge in [-0.2, -0.15) is 0 Å². The minimum absolute atomic E-state index is 0.140. The Morgan fingerprint density at radius 1 is 1.15 bits per heavy atom. The molecule has 0 heterocycles. The minimum atomic E-state index is -0.460. The molecule has 0 saturated carbocycles. The highest BCUT2D eigenvalue weighted by Crippen LogP contribution is 2.15. The lowest BCUT2D eigenvalue weighted by atomic mass is 10.1. The Hall–Kier alpha value is -2.23. The summed E-state index contributed by atoms with van der Waals surface area (Å²) in [5.41, 5.74) is 1.41. The van der Waals surface area contributed by atoms with E-state index in [9.17, 15) is 13.6 Å². The molecule has 0 aromatic heterocycles. The molecule has 0 aliphatic heterocycles. The second kappa shape index (κ2) is 5.82. The molecule has 1 amide bonds. The number of halogens is 2. The van der Waals surface area contributed by atoms with Crippen molar-refractivity contribution in [3.63, 3.8) is 0 Å². The van der Waals surface area contributed by atoms with E-state index in [1.807, 2.05) is 0 Å². The highest BCUT2D eigenvalue weighted by molar-refractivity contribution is 5.95. The summed E-state index contributed by atoms with van der Waals surface area (Å²) >= 11 is 0. The van der Waals surface area contributed by atoms with E-state index in [4.69, 9.17) is 0 Å². The van der Waals surface area contributed by atoms with Gasteiger partial charge in [0.1, 0.15) is 11.6 Å². The number of amides is 1. The van der Waals surface area contributed by atoms with Crippen molar-refractivity contribution in [3.8, 4) is 0 Å². The average molecular weight is 275 g/mol. The topological polar surface area (TPSA) is 20.3 Å². The van der Waals surface area contributed by atoms with Gasteiger partial charge in [0, 0.05) is 24.7 Å². The molecule has 20 heavy (non-hydrogen) atoms. The maximum absolute atomic E-state index is 13.6. The first-order chi connectivity index (χ1) is 9.49. The van der Waals surface area contributed by atoms with E-state index in [1.54, 1.807) is 38.2 Å². The standard InChI is InChI=1S/C16H15F2NO/c1-11-7-8-13(17)9-14(11)16(20)19(2)10-12-5-3-4-6-15(12)18/h3-9H,10H2,1-2H3. The van der Waals surface area contributed by atoms with Gasteiger partial charge in [-0.15, -0.1) is 0 Å². The third-order valence-electron chi connectivity index (χ3n) is 3.14. The molecule has 4 heteroatoms. The van der Waals surface area contributed by atoms with Gasteiger partial charge in [-0.3, -0.25) is 4.79 Å². The molecule has 2 aromatic rings. The smallest absolute Gasteiger partial charge is 0.254 e. The van der Waals surface area contributed by atoms with Crippen LogP contribution < -0.4 is 0 Å². The molecule has 2 aromatic carbocycles. The van der Waals surface area contributed by atoms with Gasteiger partial charge in [0.25, 0.3) is 5.91 Å². The average Bonchev–Trinajstić information content (AvgIpc) is 2.43. The van der Waals surface area contributed by atoms with Gasteiger partial charge < -0.3 is 4.90 Å². The Morgan fingerprint density at radius 3 is 2.55 bits per heavy atom. The van der Waals surface area contributed by atoms with Crippen LogP contribution in [-0.4, -0.2) is 17.9 Å². The van der Waals surface area contributed by atoms with Crippen LogP contribution >= 0.6 is 0 Å². The molecule has 0 spiro atoms. The van der Waals surface area contributed by atoms with Gasteiger partial charge in [-0.25, -0.2) is 8.78 Å². The number of aryl methyl sites for hydroxylation is 1. The van der Waals surface area contributed by atoms with Crippen molar-refractivity contribution in [1.29, 1.82) is 0 Å². The molecule has 0 fully saturated rings. The number of rotatable bonds is 3. The van der Waals surface area contributed by atoms with E-state index < -0.39 is 5.82 Å². The van der Waals surface area contributed by atoms with Crippen LogP contribution in [0.2, 0.25) is 0 Å². The van der Waals surface area contributed by atoms with Crippen molar-refractivity contribution in [3.05, 3.63) is 70.8 Å². The normalized spacial score (nSPS) is 10.4. The molecule has 0 aliphatic rings. The van der Waals surface area contributed by atoms with Gasteiger partial charge in [0.15, 0.2) is 0 Å². The van der Waals surface area contributed by atoms with Crippen LogP contribution in [0.1, 0.15) is 21.5 Å². The summed E-state index contributed by atoms with van der Waals surface area (Å²) in [4.78, 5) is 13.6. The Balaban J connectivity index is 2.21. The lowest BCUT2D eigenvalue weighted by Crippen LogP contribution is -2.27. The number of nitrogens with zero attached hydrogens (tertiary/aromatic N) is 1. The molecule has 0 unspecified atom stereocenters. The first kappa shape index (κ1) is 14.2. The number of carbonyl (C=O) groups excluding carboxylic acids is 1. The molecule has 0 aliphatic carbocycles. The third kappa shape index (κ3) is 3.02.